The topological polar surface area (TPSA) is 95.9 Å². The Morgan fingerprint density at radius 3 is 1.38 bits per heavy atom. The van der Waals surface area contributed by atoms with E-state index in [2.05, 4.69) is 55.6 Å². The molecule has 3 N–H and O–H groups in total. The predicted octanol–water partition coefficient (Wildman–Crippen LogP) is 14.7. The van der Waals surface area contributed by atoms with Crippen molar-refractivity contribution < 1.29 is 24.5 Å². The molecule has 2 atom stereocenters. The van der Waals surface area contributed by atoms with Gasteiger partial charge in [-0.25, -0.2) is 0 Å². The molecular formula is C52H95NO5. The fourth-order valence-corrected chi connectivity index (χ4v) is 7.22. The second-order valence-electron chi connectivity index (χ2n) is 16.8. The van der Waals surface area contributed by atoms with E-state index in [1.807, 2.05) is 6.08 Å². The van der Waals surface area contributed by atoms with Gasteiger partial charge in [-0.1, -0.05) is 210 Å². The lowest BCUT2D eigenvalue weighted by molar-refractivity contribution is -0.143. The first-order valence-corrected chi connectivity index (χ1v) is 24.9. The van der Waals surface area contributed by atoms with Gasteiger partial charge in [0.2, 0.25) is 5.91 Å². The van der Waals surface area contributed by atoms with Gasteiger partial charge in [0, 0.05) is 12.8 Å². The zero-order valence-corrected chi connectivity index (χ0v) is 38.3. The second kappa shape index (κ2) is 47.5. The predicted molar refractivity (Wildman–Crippen MR) is 250 cm³/mol. The van der Waals surface area contributed by atoms with Gasteiger partial charge in [0.05, 0.1) is 25.4 Å². The number of rotatable bonds is 45. The number of amides is 1. The maximum absolute atomic E-state index is 12.4. The summed E-state index contributed by atoms with van der Waals surface area (Å²) in [6, 6.07) is -0.630. The van der Waals surface area contributed by atoms with Gasteiger partial charge in [-0.05, 0) is 70.6 Å². The van der Waals surface area contributed by atoms with Gasteiger partial charge in [-0.2, -0.15) is 0 Å². The van der Waals surface area contributed by atoms with Crippen molar-refractivity contribution >= 4 is 11.9 Å². The number of allylic oxidation sites excluding steroid dienone is 6. The average molecular weight is 814 g/mol. The number of carbonyl (C=O) groups excluding carboxylic acids is 2. The van der Waals surface area contributed by atoms with Crippen molar-refractivity contribution in [1.82, 2.24) is 5.32 Å². The second-order valence-corrected chi connectivity index (χ2v) is 16.8. The van der Waals surface area contributed by atoms with Crippen molar-refractivity contribution in [3.63, 3.8) is 0 Å². The van der Waals surface area contributed by atoms with Crippen LogP contribution in [0.2, 0.25) is 0 Å². The van der Waals surface area contributed by atoms with E-state index in [9.17, 15) is 19.8 Å². The van der Waals surface area contributed by atoms with E-state index < -0.39 is 12.1 Å². The van der Waals surface area contributed by atoms with Crippen molar-refractivity contribution in [2.24, 2.45) is 0 Å². The lowest BCUT2D eigenvalue weighted by Crippen LogP contribution is -2.45. The minimum absolute atomic E-state index is 0.0482. The monoisotopic (exact) mass is 814 g/mol. The first kappa shape index (κ1) is 55.8. The number of carbonyl (C=O) groups is 2. The van der Waals surface area contributed by atoms with E-state index in [-0.39, 0.29) is 18.5 Å². The van der Waals surface area contributed by atoms with Crippen LogP contribution in [0.3, 0.4) is 0 Å². The van der Waals surface area contributed by atoms with E-state index in [1.165, 1.54) is 167 Å². The van der Waals surface area contributed by atoms with E-state index in [1.54, 1.807) is 6.08 Å². The van der Waals surface area contributed by atoms with Gasteiger partial charge in [-0.3, -0.25) is 9.59 Å². The summed E-state index contributed by atoms with van der Waals surface area (Å²) in [7, 11) is 0. The minimum Gasteiger partial charge on any atom is -0.465 e. The molecule has 2 unspecified atom stereocenters. The Balaban J connectivity index is 3.48. The molecule has 0 fully saturated rings. The van der Waals surface area contributed by atoms with Crippen molar-refractivity contribution in [2.45, 2.75) is 257 Å². The first-order chi connectivity index (χ1) is 28.5. The van der Waals surface area contributed by atoms with E-state index in [0.717, 1.165) is 51.4 Å². The number of aliphatic hydroxyl groups excluding tert-OH is 2. The Morgan fingerprint density at radius 1 is 0.483 bits per heavy atom. The molecule has 0 aromatic rings. The van der Waals surface area contributed by atoms with Crippen LogP contribution < -0.4 is 5.32 Å². The molecular weight excluding hydrogens is 719 g/mol. The number of ether oxygens (including phenoxy) is 1. The van der Waals surface area contributed by atoms with Crippen LogP contribution in [0.5, 0.6) is 0 Å². The normalized spacial score (nSPS) is 13.1. The lowest BCUT2D eigenvalue weighted by atomic mass is 10.0. The highest BCUT2D eigenvalue weighted by Crippen LogP contribution is 2.15. The largest absolute Gasteiger partial charge is 0.465 e. The summed E-state index contributed by atoms with van der Waals surface area (Å²) >= 11 is 0. The van der Waals surface area contributed by atoms with Gasteiger partial charge < -0.3 is 20.3 Å². The highest BCUT2D eigenvalue weighted by molar-refractivity contribution is 5.76. The van der Waals surface area contributed by atoms with E-state index in [4.69, 9.17) is 4.74 Å². The highest BCUT2D eigenvalue weighted by Gasteiger charge is 2.18. The molecule has 0 saturated heterocycles. The maximum atomic E-state index is 12.4. The molecule has 0 bridgehead atoms. The smallest absolute Gasteiger partial charge is 0.305 e. The van der Waals surface area contributed by atoms with Crippen LogP contribution in [0.1, 0.15) is 245 Å². The summed E-state index contributed by atoms with van der Waals surface area (Å²) in [5.41, 5.74) is 0. The Kier molecular flexibility index (Phi) is 45.7. The van der Waals surface area contributed by atoms with E-state index >= 15 is 0 Å². The summed E-state index contributed by atoms with van der Waals surface area (Å²) in [4.78, 5) is 24.3. The molecule has 0 aromatic heterocycles. The molecule has 0 saturated carbocycles. The van der Waals surface area contributed by atoms with Gasteiger partial charge >= 0.3 is 5.97 Å². The van der Waals surface area contributed by atoms with Crippen molar-refractivity contribution in [2.75, 3.05) is 13.2 Å². The fraction of sp³-hybridized carbons (Fsp3) is 0.808. The van der Waals surface area contributed by atoms with Crippen LogP contribution in [0.15, 0.2) is 48.6 Å². The number of hydrogen-bond acceptors (Lipinski definition) is 5. The highest BCUT2D eigenvalue weighted by atomic mass is 16.5. The molecule has 6 heteroatoms. The van der Waals surface area contributed by atoms with Crippen LogP contribution in [-0.2, 0) is 14.3 Å². The van der Waals surface area contributed by atoms with Crippen molar-refractivity contribution in [3.8, 4) is 0 Å². The minimum atomic E-state index is -0.846. The van der Waals surface area contributed by atoms with Crippen LogP contribution in [0, 0.1) is 0 Å². The Hall–Kier alpha value is -2.18. The molecule has 0 aliphatic carbocycles. The standard InChI is InChI=1S/C52H95NO5/c1-3-5-7-9-11-13-25-30-34-38-42-46-52(57)58-47-43-39-35-31-27-24-22-20-18-16-14-15-17-19-21-23-26-29-33-37-41-45-51(56)53-49(48-54)50(55)44-40-36-32-28-12-10-8-6-4-2/h9,11,24,27,35,39-40,44,49-50,54-55H,3-8,10,12-23,25-26,28-34,36-38,41-43,45-48H2,1-2H3,(H,53,56)/b11-9-,27-24-,39-35-,44-40+. The van der Waals surface area contributed by atoms with Crippen LogP contribution in [0.25, 0.3) is 0 Å². The summed E-state index contributed by atoms with van der Waals surface area (Å²) < 4.78 is 5.38. The summed E-state index contributed by atoms with van der Waals surface area (Å²) in [6.45, 7) is 4.71. The SMILES string of the molecule is CCCC/C=C\CCCCCCCC(=O)OCC/C=C\C/C=C\CCCCCCCCCCCCCCCCC(=O)NC(CO)C(O)/C=C/CCCCCCCCC. The molecule has 6 nitrogen and oxygen atoms in total. The Morgan fingerprint density at radius 2 is 0.879 bits per heavy atom. The number of esters is 1. The zero-order valence-electron chi connectivity index (χ0n) is 38.3. The summed E-state index contributed by atoms with van der Waals surface area (Å²) in [5, 5.41) is 22.9. The molecule has 0 heterocycles. The summed E-state index contributed by atoms with van der Waals surface area (Å²) in [5.74, 6) is -0.125. The Labute approximate surface area is 359 Å². The molecule has 0 aliphatic rings. The number of nitrogens with one attached hydrogen (secondary N) is 1. The molecule has 0 rings (SSSR count). The molecule has 0 radical (unpaired) electrons. The summed E-state index contributed by atoms with van der Waals surface area (Å²) in [6.07, 6.45) is 58.5. The van der Waals surface area contributed by atoms with E-state index in [0.29, 0.717) is 19.4 Å². The quantitative estimate of drug-likeness (QED) is 0.0323. The molecule has 0 spiro atoms. The van der Waals surface area contributed by atoms with Crippen LogP contribution in [0.4, 0.5) is 0 Å². The number of unbranched alkanes of at least 4 members (excludes halogenated alkanes) is 28. The molecule has 338 valence electrons. The fourth-order valence-electron chi connectivity index (χ4n) is 7.22. The Bertz CT molecular complexity index is 988. The van der Waals surface area contributed by atoms with Crippen LogP contribution in [-0.4, -0.2) is 47.4 Å². The van der Waals surface area contributed by atoms with Gasteiger partial charge in [0.25, 0.3) is 0 Å². The van der Waals surface area contributed by atoms with Crippen molar-refractivity contribution in [3.05, 3.63) is 48.6 Å². The molecule has 58 heavy (non-hydrogen) atoms. The molecule has 0 aliphatic heterocycles. The average Bonchev–Trinajstić information content (AvgIpc) is 3.22. The zero-order chi connectivity index (χ0) is 42.3. The first-order valence-electron chi connectivity index (χ1n) is 24.9. The molecule has 1 amide bonds. The molecule has 0 aromatic carbocycles. The maximum Gasteiger partial charge on any atom is 0.305 e. The third-order valence-corrected chi connectivity index (χ3v) is 11.1. The van der Waals surface area contributed by atoms with Gasteiger partial charge in [0.1, 0.15) is 0 Å². The lowest BCUT2D eigenvalue weighted by Gasteiger charge is -2.20. The van der Waals surface area contributed by atoms with Gasteiger partial charge in [-0.15, -0.1) is 0 Å². The van der Waals surface area contributed by atoms with Crippen LogP contribution >= 0.6 is 0 Å². The van der Waals surface area contributed by atoms with Crippen molar-refractivity contribution in [1.29, 1.82) is 0 Å². The number of aliphatic hydroxyl groups is 2. The third kappa shape index (κ3) is 43.4. The number of hydrogen-bond donors (Lipinski definition) is 3. The van der Waals surface area contributed by atoms with Gasteiger partial charge in [0.15, 0.2) is 0 Å². The third-order valence-electron chi connectivity index (χ3n) is 11.1.